The Kier molecular flexibility index (Phi) is 4.63. The monoisotopic (exact) mass is 508 g/mol. The summed E-state index contributed by atoms with van der Waals surface area (Å²) in [7, 11) is 0. The van der Waals surface area contributed by atoms with Gasteiger partial charge in [0, 0.05) is 17.0 Å². The van der Waals surface area contributed by atoms with E-state index in [4.69, 9.17) is 23.1 Å². The lowest BCUT2D eigenvalue weighted by Gasteiger charge is -2.31. The molecule has 1 aromatic carbocycles. The van der Waals surface area contributed by atoms with Gasteiger partial charge in [-0.05, 0) is 73.3 Å². The van der Waals surface area contributed by atoms with Crippen LogP contribution in [0.15, 0.2) is 36.8 Å². The summed E-state index contributed by atoms with van der Waals surface area (Å²) < 4.78 is 17.0. The highest BCUT2D eigenvalue weighted by Gasteiger charge is 2.75. The van der Waals surface area contributed by atoms with E-state index in [-0.39, 0.29) is 28.7 Å². The molecule has 0 saturated heterocycles. The van der Waals surface area contributed by atoms with Gasteiger partial charge in [0.25, 0.3) is 0 Å². The van der Waals surface area contributed by atoms with Crippen LogP contribution in [0.3, 0.4) is 0 Å². The van der Waals surface area contributed by atoms with Crippen molar-refractivity contribution in [2.45, 2.75) is 43.9 Å². The number of anilines is 2. The van der Waals surface area contributed by atoms with E-state index in [0.29, 0.717) is 34.7 Å². The molecule has 3 aliphatic carbocycles. The Morgan fingerprint density at radius 1 is 1.14 bits per heavy atom. The molecule has 6 N–H and O–H groups in total. The topological polar surface area (TPSA) is 136 Å². The van der Waals surface area contributed by atoms with Crippen LogP contribution in [-0.2, 0) is 6.42 Å². The van der Waals surface area contributed by atoms with Crippen molar-refractivity contribution in [2.75, 3.05) is 11.5 Å². The van der Waals surface area contributed by atoms with E-state index < -0.39 is 23.4 Å². The van der Waals surface area contributed by atoms with Crippen LogP contribution in [0.1, 0.15) is 30.9 Å². The van der Waals surface area contributed by atoms with Gasteiger partial charge in [-0.3, -0.25) is 0 Å². The molecule has 3 heterocycles. The minimum absolute atomic E-state index is 0.0813. The average molecular weight is 509 g/mol. The van der Waals surface area contributed by atoms with Crippen LogP contribution in [0.5, 0.6) is 0 Å². The summed E-state index contributed by atoms with van der Waals surface area (Å²) in [6, 6.07) is 6.45. The second-order valence-corrected chi connectivity index (χ2v) is 11.1. The van der Waals surface area contributed by atoms with Crippen LogP contribution in [0, 0.1) is 29.0 Å². The maximum atomic E-state index is 15.0. The molecule has 0 bridgehead atoms. The van der Waals surface area contributed by atoms with Gasteiger partial charge in [-0.25, -0.2) is 19.3 Å². The highest BCUT2D eigenvalue weighted by Crippen LogP contribution is 2.74. The maximum absolute atomic E-state index is 15.0. The highest BCUT2D eigenvalue weighted by molar-refractivity contribution is 6.33. The molecule has 2 unspecified atom stereocenters. The number of aromatic nitrogens is 4. The van der Waals surface area contributed by atoms with Crippen molar-refractivity contribution in [3.05, 3.63) is 53.2 Å². The average Bonchev–Trinajstić information content (AvgIpc) is 3.75. The molecule has 0 amide bonds. The van der Waals surface area contributed by atoms with Gasteiger partial charge in [0.2, 0.25) is 0 Å². The number of aliphatic hydroxyl groups excluding tert-OH is 2. The SMILES string of the molecule is Nc1nc2cc(CC(C3CC3)C34C[C@@H]3[C@@H](n3ccc5c(N)ncnc53)[C@H](O)[C@@H]4O)cc(F)c2cc1Cl. The lowest BCUT2D eigenvalue weighted by Crippen LogP contribution is -2.38. The summed E-state index contributed by atoms with van der Waals surface area (Å²) in [4.78, 5) is 12.8. The van der Waals surface area contributed by atoms with Crippen LogP contribution < -0.4 is 11.5 Å². The second-order valence-electron chi connectivity index (χ2n) is 10.7. The minimum atomic E-state index is -0.936. The number of hydrogen-bond donors (Lipinski definition) is 4. The molecule has 0 radical (unpaired) electrons. The smallest absolute Gasteiger partial charge is 0.145 e. The molecule has 7 rings (SSSR count). The van der Waals surface area contributed by atoms with Crippen LogP contribution in [0.2, 0.25) is 5.02 Å². The predicted molar refractivity (Wildman–Crippen MR) is 135 cm³/mol. The van der Waals surface area contributed by atoms with Crippen molar-refractivity contribution >= 4 is 45.2 Å². The summed E-state index contributed by atoms with van der Waals surface area (Å²) in [6.45, 7) is 0. The summed E-state index contributed by atoms with van der Waals surface area (Å²) >= 11 is 6.05. The Balaban J connectivity index is 1.25. The molecule has 36 heavy (non-hydrogen) atoms. The second kappa shape index (κ2) is 7.50. The lowest BCUT2D eigenvalue weighted by molar-refractivity contribution is -0.0349. The summed E-state index contributed by atoms with van der Waals surface area (Å²) in [6.07, 6.45) is 5.00. The van der Waals surface area contributed by atoms with Crippen LogP contribution >= 0.6 is 11.6 Å². The third kappa shape index (κ3) is 3.02. The Hall–Kier alpha value is -3.01. The van der Waals surface area contributed by atoms with E-state index in [1.165, 1.54) is 18.5 Å². The number of nitrogen functional groups attached to an aromatic ring is 2. The number of fused-ring (bicyclic) bond motifs is 3. The molecule has 6 atom stereocenters. The number of rotatable bonds is 5. The molecular weight excluding hydrogens is 483 g/mol. The number of aliphatic hydroxyl groups is 2. The molecule has 3 aliphatic rings. The quantitative estimate of drug-likeness (QED) is 0.324. The molecule has 3 fully saturated rings. The first-order chi connectivity index (χ1) is 17.3. The number of benzene rings is 1. The number of nitrogens with zero attached hydrogens (tertiary/aromatic N) is 4. The lowest BCUT2D eigenvalue weighted by atomic mass is 9.77. The molecule has 10 heteroatoms. The van der Waals surface area contributed by atoms with E-state index in [0.717, 1.165) is 30.2 Å². The van der Waals surface area contributed by atoms with Crippen molar-refractivity contribution in [1.29, 1.82) is 0 Å². The Labute approximate surface area is 211 Å². The fraction of sp³-hybridized carbons (Fsp3) is 0.423. The van der Waals surface area contributed by atoms with Gasteiger partial charge >= 0.3 is 0 Å². The summed E-state index contributed by atoms with van der Waals surface area (Å²) in [5.41, 5.74) is 13.4. The third-order valence-electron chi connectivity index (χ3n) is 8.86. The van der Waals surface area contributed by atoms with Gasteiger partial charge in [-0.15, -0.1) is 0 Å². The van der Waals surface area contributed by atoms with E-state index in [1.54, 1.807) is 0 Å². The number of hydrogen-bond acceptors (Lipinski definition) is 7. The van der Waals surface area contributed by atoms with Crippen LogP contribution in [0.25, 0.3) is 21.9 Å². The standard InChI is InChI=1S/C26H26ClFN6O2/c27-17-8-14-18(28)6-11(7-19(14)33-24(17)30)5-15(12-1-2-12)26-9-16(26)20(21(35)22(26)36)34-4-3-13-23(29)31-10-32-25(13)34/h3-4,6-8,10,12,15-16,20-22,35-36H,1-2,5,9H2,(H2,30,33)(H2,29,31,32)/t15?,16-,20-,21+,22+,26?/m1/s1. The molecular formula is C26H26ClFN6O2. The fourth-order valence-corrected chi connectivity index (χ4v) is 7.17. The zero-order valence-electron chi connectivity index (χ0n) is 19.4. The van der Waals surface area contributed by atoms with Gasteiger partial charge in [0.05, 0.1) is 28.1 Å². The van der Waals surface area contributed by atoms with Gasteiger partial charge in [0.1, 0.15) is 35.5 Å². The molecule has 0 spiro atoms. The van der Waals surface area contributed by atoms with Gasteiger partial charge in [-0.1, -0.05) is 11.6 Å². The Morgan fingerprint density at radius 2 is 1.94 bits per heavy atom. The molecule has 186 valence electrons. The van der Waals surface area contributed by atoms with Crippen molar-refractivity contribution < 1.29 is 14.6 Å². The first-order valence-corrected chi connectivity index (χ1v) is 12.6. The van der Waals surface area contributed by atoms with Crippen molar-refractivity contribution in [2.24, 2.45) is 23.2 Å². The van der Waals surface area contributed by atoms with E-state index >= 15 is 4.39 Å². The van der Waals surface area contributed by atoms with Gasteiger partial charge < -0.3 is 26.2 Å². The molecule has 8 nitrogen and oxygen atoms in total. The maximum Gasteiger partial charge on any atom is 0.145 e. The van der Waals surface area contributed by atoms with Crippen molar-refractivity contribution in [1.82, 2.24) is 19.5 Å². The molecule has 3 aromatic heterocycles. The molecule has 4 aromatic rings. The zero-order chi connectivity index (χ0) is 24.9. The number of halogens is 2. The van der Waals surface area contributed by atoms with Crippen LogP contribution in [-0.4, -0.2) is 41.9 Å². The summed E-state index contributed by atoms with van der Waals surface area (Å²) in [5, 5.41) is 24.0. The van der Waals surface area contributed by atoms with E-state index in [1.807, 2.05) is 22.9 Å². The minimum Gasteiger partial charge on any atom is -0.390 e. The Morgan fingerprint density at radius 3 is 2.72 bits per heavy atom. The zero-order valence-corrected chi connectivity index (χ0v) is 20.1. The van der Waals surface area contributed by atoms with Crippen molar-refractivity contribution in [3.63, 3.8) is 0 Å². The van der Waals surface area contributed by atoms with Gasteiger partial charge in [0.15, 0.2) is 0 Å². The largest absolute Gasteiger partial charge is 0.390 e. The first kappa shape index (κ1) is 22.2. The van der Waals surface area contributed by atoms with E-state index in [9.17, 15) is 10.2 Å². The normalized spacial score (nSPS) is 30.1. The van der Waals surface area contributed by atoms with Crippen molar-refractivity contribution in [3.8, 4) is 0 Å². The summed E-state index contributed by atoms with van der Waals surface area (Å²) in [5.74, 6) is 0.784. The highest BCUT2D eigenvalue weighted by atomic mass is 35.5. The number of nitrogens with two attached hydrogens (primary N) is 2. The predicted octanol–water partition coefficient (Wildman–Crippen LogP) is 3.49. The fourth-order valence-electron chi connectivity index (χ4n) is 7.02. The van der Waals surface area contributed by atoms with E-state index in [2.05, 4.69) is 15.0 Å². The molecule has 0 aliphatic heterocycles. The molecule has 3 saturated carbocycles. The van der Waals surface area contributed by atoms with Gasteiger partial charge in [-0.2, -0.15) is 0 Å². The third-order valence-corrected chi connectivity index (χ3v) is 9.17. The number of pyridine rings is 1. The van der Waals surface area contributed by atoms with Crippen LogP contribution in [0.4, 0.5) is 16.0 Å². The first-order valence-electron chi connectivity index (χ1n) is 12.3. The Bertz CT molecular complexity index is 1540.